The highest BCUT2D eigenvalue weighted by molar-refractivity contribution is 5.96. The lowest BCUT2D eigenvalue weighted by Gasteiger charge is -2.06. The number of rotatable bonds is 3. The SMILES string of the molecule is CNC(=O)c1ccc(-c2nn(-c3c(F)cccc3F)c3cc[nH]c(=O)c23)c(F)c1. The molecule has 0 spiro atoms. The molecule has 0 aliphatic heterocycles. The molecular formula is C20H13F3N4O2. The van der Waals surface area contributed by atoms with Gasteiger partial charge in [0.15, 0.2) is 11.6 Å². The second kappa shape index (κ2) is 6.93. The maximum Gasteiger partial charge on any atom is 0.259 e. The molecule has 2 heterocycles. The van der Waals surface area contributed by atoms with Gasteiger partial charge in [0.05, 0.1) is 10.9 Å². The van der Waals surface area contributed by atoms with Crippen LogP contribution in [0.3, 0.4) is 0 Å². The molecule has 0 atom stereocenters. The van der Waals surface area contributed by atoms with Crippen LogP contribution in [0.15, 0.2) is 53.5 Å². The molecule has 0 saturated carbocycles. The van der Waals surface area contributed by atoms with Crippen LogP contribution in [0.25, 0.3) is 27.8 Å². The summed E-state index contributed by atoms with van der Waals surface area (Å²) in [6.07, 6.45) is 1.30. The summed E-state index contributed by atoms with van der Waals surface area (Å²) in [5.41, 5.74) is -1.11. The first kappa shape index (κ1) is 18.5. The Labute approximate surface area is 161 Å². The second-order valence-electron chi connectivity index (χ2n) is 6.17. The van der Waals surface area contributed by atoms with E-state index < -0.39 is 34.6 Å². The standard InChI is InChI=1S/C20H13F3N4O2/c1-24-19(28)10-5-6-11(14(23)9-10)17-16-15(7-8-25-20(16)29)27(26-17)18-12(21)3-2-4-13(18)22/h2-9H,1H3,(H,24,28)(H,25,29). The van der Waals surface area contributed by atoms with Gasteiger partial charge in [0.25, 0.3) is 11.5 Å². The third kappa shape index (κ3) is 2.96. The Morgan fingerprint density at radius 1 is 1.07 bits per heavy atom. The molecule has 4 aromatic rings. The number of nitrogens with one attached hydrogen (secondary N) is 2. The zero-order valence-corrected chi connectivity index (χ0v) is 15.0. The molecule has 0 aliphatic carbocycles. The molecule has 0 fully saturated rings. The molecule has 0 unspecified atom stereocenters. The molecule has 4 rings (SSSR count). The average Bonchev–Trinajstić information content (AvgIpc) is 3.07. The number of para-hydroxylation sites is 1. The highest BCUT2D eigenvalue weighted by Gasteiger charge is 2.22. The second-order valence-corrected chi connectivity index (χ2v) is 6.17. The van der Waals surface area contributed by atoms with Gasteiger partial charge in [-0.1, -0.05) is 6.07 Å². The molecule has 146 valence electrons. The van der Waals surface area contributed by atoms with Crippen molar-refractivity contribution in [3.05, 3.63) is 82.0 Å². The van der Waals surface area contributed by atoms with Crippen LogP contribution in [0.5, 0.6) is 0 Å². The first-order chi connectivity index (χ1) is 13.9. The summed E-state index contributed by atoms with van der Waals surface area (Å²) in [6, 6.07) is 8.37. The summed E-state index contributed by atoms with van der Waals surface area (Å²) in [7, 11) is 1.41. The molecule has 2 aromatic heterocycles. The molecule has 0 radical (unpaired) electrons. The number of benzene rings is 2. The molecule has 0 aliphatic rings. The van der Waals surface area contributed by atoms with Crippen molar-refractivity contribution >= 4 is 16.8 Å². The number of nitrogens with zero attached hydrogens (tertiary/aromatic N) is 2. The summed E-state index contributed by atoms with van der Waals surface area (Å²) in [6.45, 7) is 0. The van der Waals surface area contributed by atoms with Crippen LogP contribution in [0.1, 0.15) is 10.4 Å². The highest BCUT2D eigenvalue weighted by Crippen LogP contribution is 2.31. The van der Waals surface area contributed by atoms with Gasteiger partial charge in [-0.15, -0.1) is 0 Å². The van der Waals surface area contributed by atoms with E-state index in [-0.39, 0.29) is 27.7 Å². The Kier molecular flexibility index (Phi) is 4.42. The van der Waals surface area contributed by atoms with Crippen molar-refractivity contribution < 1.29 is 18.0 Å². The Morgan fingerprint density at radius 3 is 2.45 bits per heavy atom. The minimum absolute atomic E-state index is 0.0400. The molecule has 6 nitrogen and oxygen atoms in total. The largest absolute Gasteiger partial charge is 0.355 e. The lowest BCUT2D eigenvalue weighted by atomic mass is 10.1. The van der Waals surface area contributed by atoms with E-state index in [1.54, 1.807) is 0 Å². The van der Waals surface area contributed by atoms with E-state index >= 15 is 0 Å². The minimum Gasteiger partial charge on any atom is -0.355 e. The number of pyridine rings is 1. The van der Waals surface area contributed by atoms with E-state index in [1.165, 1.54) is 37.5 Å². The van der Waals surface area contributed by atoms with E-state index in [4.69, 9.17) is 0 Å². The monoisotopic (exact) mass is 398 g/mol. The smallest absolute Gasteiger partial charge is 0.259 e. The number of halogens is 3. The Morgan fingerprint density at radius 2 is 1.79 bits per heavy atom. The maximum atomic E-state index is 14.8. The third-order valence-corrected chi connectivity index (χ3v) is 4.47. The Bertz CT molecular complexity index is 1310. The number of aromatic nitrogens is 3. The normalized spacial score (nSPS) is 11.0. The quantitative estimate of drug-likeness (QED) is 0.556. The van der Waals surface area contributed by atoms with Crippen LogP contribution in [-0.2, 0) is 0 Å². The van der Waals surface area contributed by atoms with Crippen LogP contribution < -0.4 is 10.9 Å². The molecule has 0 bridgehead atoms. The summed E-state index contributed by atoms with van der Waals surface area (Å²) in [5.74, 6) is -3.08. The van der Waals surface area contributed by atoms with Crippen molar-refractivity contribution in [2.75, 3.05) is 7.05 Å². The number of aromatic amines is 1. The molecule has 2 aromatic carbocycles. The topological polar surface area (TPSA) is 79.8 Å². The fourth-order valence-electron chi connectivity index (χ4n) is 3.12. The zero-order chi connectivity index (χ0) is 20.7. The van der Waals surface area contributed by atoms with Gasteiger partial charge >= 0.3 is 0 Å². The van der Waals surface area contributed by atoms with E-state index in [0.29, 0.717) is 0 Å². The van der Waals surface area contributed by atoms with Gasteiger partial charge in [-0.3, -0.25) is 9.59 Å². The van der Waals surface area contributed by atoms with Crippen molar-refractivity contribution in [3.8, 4) is 16.9 Å². The predicted molar refractivity (Wildman–Crippen MR) is 100 cm³/mol. The van der Waals surface area contributed by atoms with Crippen LogP contribution in [0.4, 0.5) is 13.2 Å². The number of fused-ring (bicyclic) bond motifs is 1. The molecule has 2 N–H and O–H groups in total. The maximum absolute atomic E-state index is 14.8. The van der Waals surface area contributed by atoms with Gasteiger partial charge in [-0.05, 0) is 36.4 Å². The number of carbonyl (C=O) groups excluding carboxylic acids is 1. The minimum atomic E-state index is -0.892. The Balaban J connectivity index is 2.03. The van der Waals surface area contributed by atoms with Gasteiger partial charge in [0.1, 0.15) is 17.2 Å². The van der Waals surface area contributed by atoms with E-state index in [2.05, 4.69) is 15.4 Å². The van der Waals surface area contributed by atoms with Crippen molar-refractivity contribution in [1.82, 2.24) is 20.1 Å². The Hall–Kier alpha value is -3.88. The third-order valence-electron chi connectivity index (χ3n) is 4.47. The predicted octanol–water partition coefficient (Wildman–Crippen LogP) is 3.16. The molecule has 1 amide bonds. The van der Waals surface area contributed by atoms with Crippen LogP contribution >= 0.6 is 0 Å². The fraction of sp³-hybridized carbons (Fsp3) is 0.0500. The zero-order valence-electron chi connectivity index (χ0n) is 15.0. The van der Waals surface area contributed by atoms with Gasteiger partial charge in [-0.2, -0.15) is 5.10 Å². The fourth-order valence-corrected chi connectivity index (χ4v) is 3.12. The summed E-state index contributed by atoms with van der Waals surface area (Å²) in [5, 5.41) is 6.48. The number of H-pyrrole nitrogens is 1. The lowest BCUT2D eigenvalue weighted by Crippen LogP contribution is -2.17. The first-order valence-corrected chi connectivity index (χ1v) is 8.49. The molecule has 9 heteroatoms. The van der Waals surface area contributed by atoms with Crippen LogP contribution in [0, 0.1) is 17.5 Å². The van der Waals surface area contributed by atoms with Gasteiger partial charge in [0, 0.05) is 24.4 Å². The number of hydrogen-bond donors (Lipinski definition) is 2. The highest BCUT2D eigenvalue weighted by atomic mass is 19.1. The van der Waals surface area contributed by atoms with Crippen molar-refractivity contribution in [2.45, 2.75) is 0 Å². The van der Waals surface area contributed by atoms with Gasteiger partial charge < -0.3 is 10.3 Å². The van der Waals surface area contributed by atoms with Crippen LogP contribution in [-0.4, -0.2) is 27.7 Å². The summed E-state index contributed by atoms with van der Waals surface area (Å²) in [4.78, 5) is 26.6. The van der Waals surface area contributed by atoms with E-state index in [0.717, 1.165) is 22.9 Å². The average molecular weight is 398 g/mol. The van der Waals surface area contributed by atoms with Gasteiger partial charge in [-0.25, -0.2) is 17.9 Å². The molecule has 29 heavy (non-hydrogen) atoms. The van der Waals surface area contributed by atoms with Crippen molar-refractivity contribution in [3.63, 3.8) is 0 Å². The van der Waals surface area contributed by atoms with E-state index in [1.807, 2.05) is 0 Å². The number of amides is 1. The summed E-state index contributed by atoms with van der Waals surface area (Å²) >= 11 is 0. The molecular weight excluding hydrogens is 385 g/mol. The molecule has 0 saturated heterocycles. The first-order valence-electron chi connectivity index (χ1n) is 8.49. The number of hydrogen-bond acceptors (Lipinski definition) is 3. The van der Waals surface area contributed by atoms with Crippen molar-refractivity contribution in [1.29, 1.82) is 0 Å². The van der Waals surface area contributed by atoms with Crippen LogP contribution in [0.2, 0.25) is 0 Å². The van der Waals surface area contributed by atoms with Gasteiger partial charge in [0.2, 0.25) is 0 Å². The lowest BCUT2D eigenvalue weighted by molar-refractivity contribution is 0.0962. The number of carbonyl (C=O) groups is 1. The summed E-state index contributed by atoms with van der Waals surface area (Å²) < 4.78 is 44.4. The van der Waals surface area contributed by atoms with Crippen molar-refractivity contribution in [2.24, 2.45) is 0 Å². The van der Waals surface area contributed by atoms with E-state index in [9.17, 15) is 22.8 Å².